The minimum absolute atomic E-state index is 0.0924. The minimum atomic E-state index is -0.196. The minimum Gasteiger partial charge on any atom is -0.327 e. The second kappa shape index (κ2) is 5.55. The van der Waals surface area contributed by atoms with Gasteiger partial charge in [-0.05, 0) is 37.0 Å². The van der Waals surface area contributed by atoms with Gasteiger partial charge in [-0.1, -0.05) is 18.2 Å². The van der Waals surface area contributed by atoms with Crippen LogP contribution in [0.1, 0.15) is 18.4 Å². The zero-order chi connectivity index (χ0) is 10.4. The van der Waals surface area contributed by atoms with Crippen LogP contribution >= 0.6 is 0 Å². The van der Waals surface area contributed by atoms with Crippen LogP contribution < -0.4 is 5.73 Å². The molecule has 14 heavy (non-hydrogen) atoms. The lowest BCUT2D eigenvalue weighted by molar-refractivity contribution is 0.603. The molecule has 1 aromatic rings. The molecule has 2 N–H and O–H groups in total. The van der Waals surface area contributed by atoms with Crippen molar-refractivity contribution in [3.63, 3.8) is 0 Å². The van der Waals surface area contributed by atoms with Crippen molar-refractivity contribution in [2.75, 3.05) is 0 Å². The van der Waals surface area contributed by atoms with E-state index in [2.05, 4.69) is 6.58 Å². The first kappa shape index (κ1) is 10.9. The Morgan fingerprint density at radius 2 is 2.29 bits per heavy atom. The van der Waals surface area contributed by atoms with E-state index in [1.165, 1.54) is 12.1 Å². The number of benzene rings is 1. The Morgan fingerprint density at radius 3 is 2.93 bits per heavy atom. The number of allylic oxidation sites excluding steroid dienone is 1. The third-order valence-corrected chi connectivity index (χ3v) is 2.13. The fourth-order valence-electron chi connectivity index (χ4n) is 1.40. The molecule has 0 saturated heterocycles. The van der Waals surface area contributed by atoms with Crippen molar-refractivity contribution < 1.29 is 4.39 Å². The third kappa shape index (κ3) is 3.71. The molecule has 0 spiro atoms. The Kier molecular flexibility index (Phi) is 4.33. The molecule has 76 valence electrons. The summed E-state index contributed by atoms with van der Waals surface area (Å²) in [6, 6.07) is 6.68. The third-order valence-electron chi connectivity index (χ3n) is 2.13. The quantitative estimate of drug-likeness (QED) is 0.715. The first-order valence-electron chi connectivity index (χ1n) is 4.83. The molecule has 0 aromatic heterocycles. The molecule has 0 amide bonds. The number of hydrogen-bond donors (Lipinski definition) is 1. The summed E-state index contributed by atoms with van der Waals surface area (Å²) >= 11 is 0. The molecular weight excluding hydrogens is 177 g/mol. The topological polar surface area (TPSA) is 26.0 Å². The fourth-order valence-corrected chi connectivity index (χ4v) is 1.40. The average Bonchev–Trinajstić information content (AvgIpc) is 2.15. The van der Waals surface area contributed by atoms with Gasteiger partial charge in [-0.2, -0.15) is 0 Å². The monoisotopic (exact) mass is 193 g/mol. The van der Waals surface area contributed by atoms with Gasteiger partial charge in [-0.15, -0.1) is 6.58 Å². The molecule has 2 heteroatoms. The molecule has 0 aliphatic rings. The Hall–Kier alpha value is -1.15. The van der Waals surface area contributed by atoms with Crippen molar-refractivity contribution in [3.8, 4) is 0 Å². The Morgan fingerprint density at radius 1 is 1.50 bits per heavy atom. The molecule has 1 rings (SSSR count). The molecule has 0 saturated carbocycles. The van der Waals surface area contributed by atoms with Gasteiger partial charge in [0.05, 0.1) is 0 Å². The van der Waals surface area contributed by atoms with Gasteiger partial charge in [0.15, 0.2) is 0 Å². The SMILES string of the molecule is C=CCCC(N)Cc1cccc(F)c1. The van der Waals surface area contributed by atoms with Crippen LogP contribution in [0.15, 0.2) is 36.9 Å². The maximum Gasteiger partial charge on any atom is 0.123 e. The maximum atomic E-state index is 12.8. The first-order valence-corrected chi connectivity index (χ1v) is 4.83. The van der Waals surface area contributed by atoms with Crippen LogP contribution in [0.5, 0.6) is 0 Å². The fraction of sp³-hybridized carbons (Fsp3) is 0.333. The lowest BCUT2D eigenvalue weighted by atomic mass is 10.0. The molecule has 0 aliphatic carbocycles. The van der Waals surface area contributed by atoms with Crippen LogP contribution in [-0.2, 0) is 6.42 Å². The van der Waals surface area contributed by atoms with E-state index in [4.69, 9.17) is 5.73 Å². The molecule has 0 fully saturated rings. The summed E-state index contributed by atoms with van der Waals surface area (Å²) in [7, 11) is 0. The number of rotatable bonds is 5. The van der Waals surface area contributed by atoms with Gasteiger partial charge >= 0.3 is 0 Å². The molecule has 1 aromatic carbocycles. The summed E-state index contributed by atoms with van der Waals surface area (Å²) in [6.45, 7) is 3.64. The highest BCUT2D eigenvalue weighted by molar-refractivity contribution is 5.17. The summed E-state index contributed by atoms with van der Waals surface area (Å²) in [4.78, 5) is 0. The van der Waals surface area contributed by atoms with E-state index in [-0.39, 0.29) is 11.9 Å². The predicted octanol–water partition coefficient (Wildman–Crippen LogP) is 2.66. The van der Waals surface area contributed by atoms with Gasteiger partial charge in [0.25, 0.3) is 0 Å². The Bertz CT molecular complexity index is 296. The average molecular weight is 193 g/mol. The van der Waals surface area contributed by atoms with E-state index < -0.39 is 0 Å². The van der Waals surface area contributed by atoms with Crippen molar-refractivity contribution in [2.24, 2.45) is 5.73 Å². The summed E-state index contributed by atoms with van der Waals surface area (Å²) in [5.41, 5.74) is 6.83. The second-order valence-corrected chi connectivity index (χ2v) is 3.46. The van der Waals surface area contributed by atoms with Crippen molar-refractivity contribution >= 4 is 0 Å². The van der Waals surface area contributed by atoms with Gasteiger partial charge in [0, 0.05) is 6.04 Å². The molecule has 0 bridgehead atoms. The summed E-state index contributed by atoms with van der Waals surface area (Å²) < 4.78 is 12.8. The molecule has 0 heterocycles. The predicted molar refractivity (Wildman–Crippen MR) is 57.5 cm³/mol. The van der Waals surface area contributed by atoms with E-state index in [1.807, 2.05) is 12.1 Å². The van der Waals surface area contributed by atoms with Crippen molar-refractivity contribution in [1.82, 2.24) is 0 Å². The molecule has 0 radical (unpaired) electrons. The maximum absolute atomic E-state index is 12.8. The normalized spacial score (nSPS) is 12.4. The van der Waals surface area contributed by atoms with Crippen LogP contribution in [-0.4, -0.2) is 6.04 Å². The molecule has 1 atom stereocenters. The molecule has 1 nitrogen and oxygen atoms in total. The zero-order valence-electron chi connectivity index (χ0n) is 8.25. The van der Waals surface area contributed by atoms with Crippen molar-refractivity contribution in [2.45, 2.75) is 25.3 Å². The highest BCUT2D eigenvalue weighted by Crippen LogP contribution is 2.08. The lowest BCUT2D eigenvalue weighted by Gasteiger charge is -2.09. The molecule has 0 aliphatic heterocycles. The van der Waals surface area contributed by atoms with Crippen LogP contribution in [0, 0.1) is 5.82 Å². The number of hydrogen-bond acceptors (Lipinski definition) is 1. The van der Waals surface area contributed by atoms with Gasteiger partial charge < -0.3 is 5.73 Å². The van der Waals surface area contributed by atoms with Gasteiger partial charge in [-0.3, -0.25) is 0 Å². The van der Waals surface area contributed by atoms with E-state index in [9.17, 15) is 4.39 Å². The summed E-state index contributed by atoms with van der Waals surface area (Å²) in [5, 5.41) is 0. The highest BCUT2D eigenvalue weighted by atomic mass is 19.1. The summed E-state index contributed by atoms with van der Waals surface area (Å²) in [6.07, 6.45) is 4.40. The van der Waals surface area contributed by atoms with E-state index in [0.29, 0.717) is 0 Å². The number of nitrogens with two attached hydrogens (primary N) is 1. The van der Waals surface area contributed by atoms with Crippen molar-refractivity contribution in [3.05, 3.63) is 48.3 Å². The lowest BCUT2D eigenvalue weighted by Crippen LogP contribution is -2.22. The van der Waals surface area contributed by atoms with E-state index in [1.54, 1.807) is 6.07 Å². The van der Waals surface area contributed by atoms with Crippen LogP contribution in [0.25, 0.3) is 0 Å². The van der Waals surface area contributed by atoms with Gasteiger partial charge in [0.1, 0.15) is 5.82 Å². The van der Waals surface area contributed by atoms with Crippen LogP contribution in [0.2, 0.25) is 0 Å². The first-order chi connectivity index (χ1) is 6.72. The highest BCUT2D eigenvalue weighted by Gasteiger charge is 2.03. The molecule has 1 unspecified atom stereocenters. The van der Waals surface area contributed by atoms with Crippen LogP contribution in [0.4, 0.5) is 4.39 Å². The van der Waals surface area contributed by atoms with Gasteiger partial charge in [-0.25, -0.2) is 4.39 Å². The van der Waals surface area contributed by atoms with E-state index >= 15 is 0 Å². The largest absolute Gasteiger partial charge is 0.327 e. The molecular formula is C12H16FN. The number of halogens is 1. The smallest absolute Gasteiger partial charge is 0.123 e. The summed E-state index contributed by atoms with van der Waals surface area (Å²) in [5.74, 6) is -0.196. The Labute approximate surface area is 84.4 Å². The van der Waals surface area contributed by atoms with Crippen molar-refractivity contribution in [1.29, 1.82) is 0 Å². The standard InChI is InChI=1S/C12H16FN/c1-2-3-7-12(14)9-10-5-4-6-11(13)8-10/h2,4-6,8,12H,1,3,7,9,14H2. The van der Waals surface area contributed by atoms with Crippen LogP contribution in [0.3, 0.4) is 0 Å². The second-order valence-electron chi connectivity index (χ2n) is 3.46. The van der Waals surface area contributed by atoms with Gasteiger partial charge in [0.2, 0.25) is 0 Å². The van der Waals surface area contributed by atoms with E-state index in [0.717, 1.165) is 24.8 Å². The Balaban J connectivity index is 2.47. The zero-order valence-corrected chi connectivity index (χ0v) is 8.25.